The van der Waals surface area contributed by atoms with Crippen molar-refractivity contribution >= 4 is 5.78 Å². The van der Waals surface area contributed by atoms with Crippen LogP contribution in [0, 0.1) is 0 Å². The SMILES string of the molecule is CC.CCC(=O)c1ccccc1OC. The Balaban J connectivity index is 0.000000791. The Labute approximate surface area is 85.9 Å². The number of Topliss-reactive ketones (excluding diaryl/α,β-unsaturated/α-hetero) is 1. The third-order valence-electron chi connectivity index (χ3n) is 1.73. The Morgan fingerprint density at radius 1 is 1.29 bits per heavy atom. The topological polar surface area (TPSA) is 26.3 Å². The van der Waals surface area contributed by atoms with Crippen molar-refractivity contribution in [1.82, 2.24) is 0 Å². The normalized spacial score (nSPS) is 8.57. The molecule has 0 unspecified atom stereocenters. The monoisotopic (exact) mass is 194 g/mol. The number of para-hydroxylation sites is 1. The third-order valence-corrected chi connectivity index (χ3v) is 1.73. The minimum absolute atomic E-state index is 0.118. The molecule has 0 N–H and O–H groups in total. The number of hydrogen-bond acceptors (Lipinski definition) is 2. The van der Waals surface area contributed by atoms with E-state index in [1.165, 1.54) is 0 Å². The van der Waals surface area contributed by atoms with Gasteiger partial charge < -0.3 is 4.74 Å². The van der Waals surface area contributed by atoms with Crippen LogP contribution in [0.25, 0.3) is 0 Å². The van der Waals surface area contributed by atoms with Crippen molar-refractivity contribution in [1.29, 1.82) is 0 Å². The minimum Gasteiger partial charge on any atom is -0.496 e. The summed E-state index contributed by atoms with van der Waals surface area (Å²) in [5, 5.41) is 0. The Bertz CT molecular complexity index is 279. The maximum atomic E-state index is 11.3. The molecule has 0 aliphatic rings. The average Bonchev–Trinajstić information content (AvgIpc) is 2.30. The first kappa shape index (κ1) is 12.7. The predicted molar refractivity (Wildman–Crippen MR) is 59.0 cm³/mol. The predicted octanol–water partition coefficient (Wildman–Crippen LogP) is 3.31. The third kappa shape index (κ3) is 3.21. The van der Waals surface area contributed by atoms with Crippen molar-refractivity contribution in [2.75, 3.05) is 7.11 Å². The van der Waals surface area contributed by atoms with Gasteiger partial charge in [-0.1, -0.05) is 32.9 Å². The Kier molecular flexibility index (Phi) is 6.46. The highest BCUT2D eigenvalue weighted by molar-refractivity contribution is 5.98. The highest BCUT2D eigenvalue weighted by Gasteiger charge is 2.07. The summed E-state index contributed by atoms with van der Waals surface area (Å²) < 4.78 is 5.05. The summed E-state index contributed by atoms with van der Waals surface area (Å²) in [5.74, 6) is 0.775. The van der Waals surface area contributed by atoms with Crippen LogP contribution in [0.15, 0.2) is 24.3 Å². The van der Waals surface area contributed by atoms with Crippen LogP contribution in [-0.4, -0.2) is 12.9 Å². The van der Waals surface area contributed by atoms with Gasteiger partial charge in [-0.3, -0.25) is 4.79 Å². The Morgan fingerprint density at radius 3 is 2.36 bits per heavy atom. The highest BCUT2D eigenvalue weighted by Crippen LogP contribution is 2.18. The number of ketones is 1. The van der Waals surface area contributed by atoms with Gasteiger partial charge in [0.1, 0.15) is 5.75 Å². The zero-order chi connectivity index (χ0) is 11.0. The maximum Gasteiger partial charge on any atom is 0.166 e. The van der Waals surface area contributed by atoms with E-state index in [0.29, 0.717) is 17.7 Å². The summed E-state index contributed by atoms with van der Waals surface area (Å²) in [4.78, 5) is 11.3. The van der Waals surface area contributed by atoms with Crippen molar-refractivity contribution < 1.29 is 9.53 Å². The molecule has 0 atom stereocenters. The molecule has 1 aromatic rings. The zero-order valence-electron chi connectivity index (χ0n) is 9.33. The number of carbonyl (C=O) groups is 1. The fourth-order valence-corrected chi connectivity index (χ4v) is 1.07. The van der Waals surface area contributed by atoms with Crippen molar-refractivity contribution in [3.05, 3.63) is 29.8 Å². The Hall–Kier alpha value is -1.31. The molecule has 78 valence electrons. The lowest BCUT2D eigenvalue weighted by Gasteiger charge is -2.04. The van der Waals surface area contributed by atoms with Gasteiger partial charge in [0.25, 0.3) is 0 Å². The molecule has 0 fully saturated rings. The van der Waals surface area contributed by atoms with E-state index in [4.69, 9.17) is 4.74 Å². The molecule has 0 aliphatic heterocycles. The van der Waals surface area contributed by atoms with Crippen molar-refractivity contribution in [3.8, 4) is 5.75 Å². The highest BCUT2D eigenvalue weighted by atomic mass is 16.5. The molecule has 1 rings (SSSR count). The van der Waals surface area contributed by atoms with E-state index in [2.05, 4.69) is 0 Å². The fourth-order valence-electron chi connectivity index (χ4n) is 1.07. The van der Waals surface area contributed by atoms with Gasteiger partial charge >= 0.3 is 0 Å². The summed E-state index contributed by atoms with van der Waals surface area (Å²) in [6.45, 7) is 5.84. The van der Waals surface area contributed by atoms with Crippen molar-refractivity contribution in [2.24, 2.45) is 0 Å². The lowest BCUT2D eigenvalue weighted by molar-refractivity contribution is 0.0985. The second-order valence-corrected chi connectivity index (χ2v) is 2.48. The smallest absolute Gasteiger partial charge is 0.166 e. The van der Waals surface area contributed by atoms with Crippen LogP contribution in [0.2, 0.25) is 0 Å². The molecular formula is C12H18O2. The van der Waals surface area contributed by atoms with Crippen LogP contribution in [0.5, 0.6) is 5.75 Å². The molecule has 0 bridgehead atoms. The largest absolute Gasteiger partial charge is 0.496 e. The van der Waals surface area contributed by atoms with Gasteiger partial charge in [-0.15, -0.1) is 0 Å². The first-order chi connectivity index (χ1) is 6.79. The summed E-state index contributed by atoms with van der Waals surface area (Å²) in [6.07, 6.45) is 0.514. The molecule has 0 aromatic heterocycles. The standard InChI is InChI=1S/C10H12O2.C2H6/c1-3-9(11)8-6-4-5-7-10(8)12-2;1-2/h4-7H,3H2,1-2H3;1-2H3. The fraction of sp³-hybridized carbons (Fsp3) is 0.417. The van der Waals surface area contributed by atoms with Gasteiger partial charge in [0.15, 0.2) is 5.78 Å². The van der Waals surface area contributed by atoms with E-state index in [1.54, 1.807) is 19.2 Å². The molecule has 2 nitrogen and oxygen atoms in total. The number of ether oxygens (including phenoxy) is 1. The lowest BCUT2D eigenvalue weighted by atomic mass is 10.1. The molecule has 0 amide bonds. The molecule has 0 aliphatic carbocycles. The number of carbonyl (C=O) groups excluding carboxylic acids is 1. The second kappa shape index (κ2) is 7.13. The van der Waals surface area contributed by atoms with Crippen LogP contribution in [0.1, 0.15) is 37.6 Å². The lowest BCUT2D eigenvalue weighted by Crippen LogP contribution is -1.99. The van der Waals surface area contributed by atoms with Crippen LogP contribution in [-0.2, 0) is 0 Å². The van der Waals surface area contributed by atoms with Gasteiger partial charge in [-0.05, 0) is 12.1 Å². The van der Waals surface area contributed by atoms with Crippen LogP contribution < -0.4 is 4.74 Å². The number of benzene rings is 1. The second-order valence-electron chi connectivity index (χ2n) is 2.48. The average molecular weight is 194 g/mol. The van der Waals surface area contributed by atoms with E-state index >= 15 is 0 Å². The molecule has 2 heteroatoms. The van der Waals surface area contributed by atoms with Gasteiger partial charge in [-0.25, -0.2) is 0 Å². The van der Waals surface area contributed by atoms with Gasteiger partial charge in [0, 0.05) is 6.42 Å². The summed E-state index contributed by atoms with van der Waals surface area (Å²) >= 11 is 0. The molecule has 14 heavy (non-hydrogen) atoms. The van der Waals surface area contributed by atoms with Crippen LogP contribution >= 0.6 is 0 Å². The molecule has 0 spiro atoms. The minimum atomic E-state index is 0.118. The Morgan fingerprint density at radius 2 is 1.86 bits per heavy atom. The van der Waals surface area contributed by atoms with Gasteiger partial charge in [0.05, 0.1) is 12.7 Å². The molecule has 1 aromatic carbocycles. The van der Waals surface area contributed by atoms with Crippen LogP contribution in [0.4, 0.5) is 0 Å². The van der Waals surface area contributed by atoms with Gasteiger partial charge in [0.2, 0.25) is 0 Å². The molecule has 0 saturated heterocycles. The van der Waals surface area contributed by atoms with E-state index in [-0.39, 0.29) is 5.78 Å². The van der Waals surface area contributed by atoms with E-state index in [0.717, 1.165) is 0 Å². The molecule has 0 radical (unpaired) electrons. The summed E-state index contributed by atoms with van der Waals surface area (Å²) in [5.41, 5.74) is 0.669. The zero-order valence-corrected chi connectivity index (χ0v) is 9.33. The first-order valence-corrected chi connectivity index (χ1v) is 4.95. The van der Waals surface area contributed by atoms with Gasteiger partial charge in [-0.2, -0.15) is 0 Å². The molecular weight excluding hydrogens is 176 g/mol. The van der Waals surface area contributed by atoms with E-state index in [1.807, 2.05) is 32.9 Å². The molecule has 0 heterocycles. The van der Waals surface area contributed by atoms with Crippen molar-refractivity contribution in [2.45, 2.75) is 27.2 Å². The van der Waals surface area contributed by atoms with Crippen LogP contribution in [0.3, 0.4) is 0 Å². The van der Waals surface area contributed by atoms with E-state index in [9.17, 15) is 4.79 Å². The number of methoxy groups -OCH3 is 1. The maximum absolute atomic E-state index is 11.3. The number of hydrogen-bond donors (Lipinski definition) is 0. The summed E-state index contributed by atoms with van der Waals surface area (Å²) in [6, 6.07) is 7.27. The molecule has 0 saturated carbocycles. The first-order valence-electron chi connectivity index (χ1n) is 4.95. The summed E-state index contributed by atoms with van der Waals surface area (Å²) in [7, 11) is 1.57. The van der Waals surface area contributed by atoms with Crippen molar-refractivity contribution in [3.63, 3.8) is 0 Å². The quantitative estimate of drug-likeness (QED) is 0.690. The number of rotatable bonds is 3. The van der Waals surface area contributed by atoms with E-state index < -0.39 is 0 Å².